The molecule has 0 aliphatic carbocycles. The molecule has 1 saturated heterocycles. The molecule has 6 nitrogen and oxygen atoms in total. The summed E-state index contributed by atoms with van der Waals surface area (Å²) in [5.41, 5.74) is 1.63. The molecular weight excluding hydrogens is 474 g/mol. The van der Waals surface area contributed by atoms with Crippen LogP contribution in [0.25, 0.3) is 0 Å². The number of aliphatic imine (C=N–C) groups is 1. The van der Waals surface area contributed by atoms with Gasteiger partial charge in [-0.25, -0.2) is 4.39 Å². The highest BCUT2D eigenvalue weighted by Gasteiger charge is 2.31. The van der Waals surface area contributed by atoms with Crippen LogP contribution in [-0.4, -0.2) is 56.4 Å². The minimum atomic E-state index is -0.256. The van der Waals surface area contributed by atoms with Crippen LogP contribution in [0.15, 0.2) is 17.1 Å². The van der Waals surface area contributed by atoms with Crippen molar-refractivity contribution in [2.75, 3.05) is 33.5 Å². The molecule has 1 fully saturated rings. The summed E-state index contributed by atoms with van der Waals surface area (Å²) in [4.78, 5) is 6.82. The molecule has 158 valence electrons. The van der Waals surface area contributed by atoms with Gasteiger partial charge in [-0.2, -0.15) is 0 Å². The van der Waals surface area contributed by atoms with Crippen molar-refractivity contribution in [3.63, 3.8) is 0 Å². The lowest BCUT2D eigenvalue weighted by molar-refractivity contribution is -0.0172. The predicted octanol–water partition coefficient (Wildman–Crippen LogP) is 2.75. The quantitative estimate of drug-likeness (QED) is 0.366. The number of hydrogen-bond donors (Lipinski definition) is 2. The average molecular weight is 506 g/mol. The maximum atomic E-state index is 13.9. The van der Waals surface area contributed by atoms with E-state index < -0.39 is 0 Å². The van der Waals surface area contributed by atoms with Crippen molar-refractivity contribution in [3.05, 3.63) is 29.1 Å². The number of fused-ring (bicyclic) bond motifs is 1. The zero-order valence-corrected chi connectivity index (χ0v) is 19.5. The average Bonchev–Trinajstić information content (AvgIpc) is 3.01. The van der Waals surface area contributed by atoms with Gasteiger partial charge in [-0.05, 0) is 43.9 Å². The topological polar surface area (TPSA) is 58.1 Å². The number of likely N-dealkylation sites (tertiary alicyclic amines) is 1. The van der Waals surface area contributed by atoms with Gasteiger partial charge in [-0.1, -0.05) is 6.92 Å². The Morgan fingerprint density at radius 1 is 1.36 bits per heavy atom. The maximum absolute atomic E-state index is 13.9. The predicted molar refractivity (Wildman–Crippen MR) is 120 cm³/mol. The first kappa shape index (κ1) is 23.2. The fourth-order valence-corrected chi connectivity index (χ4v) is 3.74. The van der Waals surface area contributed by atoms with Gasteiger partial charge in [0.1, 0.15) is 11.6 Å². The fraction of sp³-hybridized carbons (Fsp3) is 0.650. The van der Waals surface area contributed by atoms with Crippen LogP contribution < -0.4 is 15.4 Å². The molecule has 0 amide bonds. The lowest BCUT2D eigenvalue weighted by Crippen LogP contribution is -2.47. The summed E-state index contributed by atoms with van der Waals surface area (Å²) in [6.45, 7) is 10.1. The van der Waals surface area contributed by atoms with Crippen LogP contribution in [-0.2, 0) is 17.8 Å². The number of nitrogens with one attached hydrogen (secondary N) is 2. The van der Waals surface area contributed by atoms with Crippen LogP contribution in [0.2, 0.25) is 0 Å². The highest BCUT2D eigenvalue weighted by Crippen LogP contribution is 2.29. The number of hydrogen-bond acceptors (Lipinski definition) is 4. The Morgan fingerprint density at radius 2 is 2.14 bits per heavy atom. The SMILES string of the molecule is CN=C(NCCc1cc(F)cc2c1OCOC2)NC1CN(C(C)C)CC1C.I. The molecule has 28 heavy (non-hydrogen) atoms. The molecule has 0 spiro atoms. The van der Waals surface area contributed by atoms with E-state index >= 15 is 0 Å². The van der Waals surface area contributed by atoms with Crippen LogP contribution in [0.5, 0.6) is 5.75 Å². The summed E-state index contributed by atoms with van der Waals surface area (Å²) in [5, 5.41) is 6.88. The smallest absolute Gasteiger partial charge is 0.191 e. The zero-order chi connectivity index (χ0) is 19.4. The van der Waals surface area contributed by atoms with E-state index in [-0.39, 0.29) is 36.6 Å². The molecule has 2 N–H and O–H groups in total. The molecule has 2 atom stereocenters. The molecule has 3 rings (SSSR count). The van der Waals surface area contributed by atoms with E-state index in [1.54, 1.807) is 13.1 Å². The van der Waals surface area contributed by atoms with Gasteiger partial charge in [-0.15, -0.1) is 24.0 Å². The van der Waals surface area contributed by atoms with Gasteiger partial charge >= 0.3 is 0 Å². The number of benzene rings is 1. The van der Waals surface area contributed by atoms with E-state index in [0.717, 1.165) is 35.9 Å². The molecule has 1 aromatic carbocycles. The summed E-state index contributed by atoms with van der Waals surface area (Å²) >= 11 is 0. The highest BCUT2D eigenvalue weighted by atomic mass is 127. The molecule has 0 saturated carbocycles. The second kappa shape index (κ2) is 10.6. The van der Waals surface area contributed by atoms with Crippen molar-refractivity contribution < 1.29 is 13.9 Å². The Hall–Kier alpha value is -1.13. The third kappa shape index (κ3) is 5.70. The second-order valence-electron chi connectivity index (χ2n) is 7.69. The van der Waals surface area contributed by atoms with Crippen molar-refractivity contribution in [1.82, 2.24) is 15.5 Å². The van der Waals surface area contributed by atoms with E-state index in [0.29, 0.717) is 37.6 Å². The normalized spacial score (nSPS) is 22.4. The Morgan fingerprint density at radius 3 is 2.82 bits per heavy atom. The summed E-state index contributed by atoms with van der Waals surface area (Å²) in [5.74, 6) is 1.85. The number of ether oxygens (including phenoxy) is 2. The Labute approximate surface area is 184 Å². The number of rotatable bonds is 5. The third-order valence-electron chi connectivity index (χ3n) is 5.36. The standard InChI is InChI=1S/C20H31FN4O2.HI/c1-13(2)25-9-14(3)18(10-25)24-20(22-4)23-6-5-15-7-17(21)8-16-11-26-12-27-19(15)16;/h7-8,13-14,18H,5-6,9-12H2,1-4H3,(H2,22,23,24);1H. The molecule has 8 heteroatoms. The molecule has 0 bridgehead atoms. The molecule has 0 aromatic heterocycles. The summed E-state index contributed by atoms with van der Waals surface area (Å²) < 4.78 is 24.7. The lowest BCUT2D eigenvalue weighted by atomic mass is 10.1. The first-order valence-electron chi connectivity index (χ1n) is 9.71. The first-order valence-corrected chi connectivity index (χ1v) is 9.71. The largest absolute Gasteiger partial charge is 0.467 e. The second-order valence-corrected chi connectivity index (χ2v) is 7.69. The number of guanidine groups is 1. The van der Waals surface area contributed by atoms with E-state index in [9.17, 15) is 4.39 Å². The maximum Gasteiger partial charge on any atom is 0.191 e. The monoisotopic (exact) mass is 506 g/mol. The van der Waals surface area contributed by atoms with Crippen LogP contribution >= 0.6 is 24.0 Å². The van der Waals surface area contributed by atoms with Crippen molar-refractivity contribution >= 4 is 29.9 Å². The summed E-state index contributed by atoms with van der Waals surface area (Å²) in [6, 6.07) is 3.95. The van der Waals surface area contributed by atoms with Crippen molar-refractivity contribution in [2.24, 2.45) is 10.9 Å². The van der Waals surface area contributed by atoms with Crippen molar-refractivity contribution in [3.8, 4) is 5.75 Å². The Kier molecular flexibility index (Phi) is 8.76. The van der Waals surface area contributed by atoms with Crippen LogP contribution in [0.1, 0.15) is 31.9 Å². The molecule has 2 unspecified atom stereocenters. The molecule has 2 aliphatic heterocycles. The van der Waals surface area contributed by atoms with Crippen LogP contribution in [0.4, 0.5) is 4.39 Å². The third-order valence-corrected chi connectivity index (χ3v) is 5.36. The molecule has 2 heterocycles. The van der Waals surface area contributed by atoms with Gasteiger partial charge in [0.05, 0.1) is 6.61 Å². The minimum Gasteiger partial charge on any atom is -0.467 e. The van der Waals surface area contributed by atoms with Gasteiger partial charge in [0.25, 0.3) is 0 Å². The molecule has 0 radical (unpaired) electrons. The fourth-order valence-electron chi connectivity index (χ4n) is 3.74. The van der Waals surface area contributed by atoms with Gasteiger partial charge < -0.3 is 20.1 Å². The minimum absolute atomic E-state index is 0. The van der Waals surface area contributed by atoms with Crippen LogP contribution in [0, 0.1) is 11.7 Å². The highest BCUT2D eigenvalue weighted by molar-refractivity contribution is 14.0. The Bertz CT molecular complexity index is 686. The number of nitrogens with zero attached hydrogens (tertiary/aromatic N) is 2. The van der Waals surface area contributed by atoms with Gasteiger partial charge in [0.15, 0.2) is 12.8 Å². The molecule has 2 aliphatic rings. The van der Waals surface area contributed by atoms with Crippen LogP contribution in [0.3, 0.4) is 0 Å². The Balaban J connectivity index is 0.00000280. The van der Waals surface area contributed by atoms with E-state index in [1.165, 1.54) is 6.07 Å². The lowest BCUT2D eigenvalue weighted by Gasteiger charge is -2.23. The zero-order valence-electron chi connectivity index (χ0n) is 17.1. The van der Waals surface area contributed by atoms with Crippen molar-refractivity contribution in [2.45, 2.75) is 45.9 Å². The first-order chi connectivity index (χ1) is 13.0. The van der Waals surface area contributed by atoms with E-state index in [1.807, 2.05) is 0 Å². The van der Waals surface area contributed by atoms with Gasteiger partial charge in [0.2, 0.25) is 0 Å². The van der Waals surface area contributed by atoms with Gasteiger partial charge in [-0.3, -0.25) is 9.89 Å². The van der Waals surface area contributed by atoms with E-state index in [4.69, 9.17) is 9.47 Å². The van der Waals surface area contributed by atoms with Gasteiger partial charge in [0, 0.05) is 44.3 Å². The van der Waals surface area contributed by atoms with Crippen molar-refractivity contribution in [1.29, 1.82) is 0 Å². The summed E-state index contributed by atoms with van der Waals surface area (Å²) in [6.07, 6.45) is 0.652. The molecule has 1 aromatic rings. The number of halogens is 2. The molecular formula is C20H32FIN4O2. The van der Waals surface area contributed by atoms with E-state index in [2.05, 4.69) is 41.3 Å². The summed E-state index contributed by atoms with van der Waals surface area (Å²) in [7, 11) is 1.78.